The SMILES string of the molecule is C[C@@H]1CN(c2ccc(N3CCc4c([nH]c5ccccc45)C3)cn2)CCO1. The van der Waals surface area contributed by atoms with Crippen LogP contribution in [-0.4, -0.2) is 42.3 Å². The van der Waals surface area contributed by atoms with Gasteiger partial charge in [-0.05, 0) is 37.1 Å². The van der Waals surface area contributed by atoms with E-state index in [1.807, 2.05) is 6.20 Å². The van der Waals surface area contributed by atoms with Gasteiger partial charge >= 0.3 is 0 Å². The minimum Gasteiger partial charge on any atom is -0.375 e. The number of fused-ring (bicyclic) bond motifs is 3. The third kappa shape index (κ3) is 2.72. The van der Waals surface area contributed by atoms with E-state index in [-0.39, 0.29) is 6.10 Å². The summed E-state index contributed by atoms with van der Waals surface area (Å²) >= 11 is 0. The Morgan fingerprint density at radius 3 is 2.88 bits per heavy atom. The van der Waals surface area contributed by atoms with Crippen LogP contribution < -0.4 is 9.80 Å². The van der Waals surface area contributed by atoms with E-state index in [0.717, 1.165) is 45.0 Å². The molecule has 2 aromatic heterocycles. The number of pyridine rings is 1. The Hall–Kier alpha value is -2.53. The minimum atomic E-state index is 0.271. The lowest BCUT2D eigenvalue weighted by molar-refractivity contribution is 0.0529. The molecule has 26 heavy (non-hydrogen) atoms. The summed E-state index contributed by atoms with van der Waals surface area (Å²) in [4.78, 5) is 13.1. The molecule has 1 saturated heterocycles. The molecule has 0 bridgehead atoms. The first-order valence-corrected chi connectivity index (χ1v) is 9.44. The molecule has 1 aromatic carbocycles. The molecule has 5 nitrogen and oxygen atoms in total. The second-order valence-corrected chi connectivity index (χ2v) is 7.30. The van der Waals surface area contributed by atoms with Crippen LogP contribution in [0.3, 0.4) is 0 Å². The van der Waals surface area contributed by atoms with E-state index >= 15 is 0 Å². The minimum absolute atomic E-state index is 0.271. The van der Waals surface area contributed by atoms with Crippen molar-refractivity contribution in [1.29, 1.82) is 0 Å². The average Bonchev–Trinajstić information content (AvgIpc) is 3.06. The lowest BCUT2D eigenvalue weighted by atomic mass is 10.0. The molecule has 2 aliphatic heterocycles. The molecule has 3 aromatic rings. The molecule has 2 aliphatic rings. The highest BCUT2D eigenvalue weighted by Crippen LogP contribution is 2.30. The van der Waals surface area contributed by atoms with Crippen LogP contribution in [0.2, 0.25) is 0 Å². The molecule has 1 fully saturated rings. The van der Waals surface area contributed by atoms with Crippen LogP contribution in [0.15, 0.2) is 42.6 Å². The third-order valence-electron chi connectivity index (χ3n) is 5.55. The van der Waals surface area contributed by atoms with Crippen molar-refractivity contribution in [1.82, 2.24) is 9.97 Å². The zero-order chi connectivity index (χ0) is 17.5. The smallest absolute Gasteiger partial charge is 0.128 e. The molecule has 134 valence electrons. The summed E-state index contributed by atoms with van der Waals surface area (Å²) in [7, 11) is 0. The van der Waals surface area contributed by atoms with Crippen LogP contribution in [0, 0.1) is 0 Å². The monoisotopic (exact) mass is 348 g/mol. The van der Waals surface area contributed by atoms with Gasteiger partial charge in [0.15, 0.2) is 0 Å². The van der Waals surface area contributed by atoms with E-state index in [0.29, 0.717) is 0 Å². The number of anilines is 2. The fourth-order valence-corrected chi connectivity index (χ4v) is 4.19. The van der Waals surface area contributed by atoms with Crippen molar-refractivity contribution in [3.05, 3.63) is 53.9 Å². The van der Waals surface area contributed by atoms with Crippen LogP contribution in [0.4, 0.5) is 11.5 Å². The van der Waals surface area contributed by atoms with Crippen LogP contribution in [0.5, 0.6) is 0 Å². The lowest BCUT2D eigenvalue weighted by Gasteiger charge is -2.33. The number of para-hydroxylation sites is 1. The van der Waals surface area contributed by atoms with Crippen LogP contribution in [0.25, 0.3) is 10.9 Å². The van der Waals surface area contributed by atoms with E-state index < -0.39 is 0 Å². The summed E-state index contributed by atoms with van der Waals surface area (Å²) in [5.74, 6) is 1.05. The van der Waals surface area contributed by atoms with E-state index in [4.69, 9.17) is 9.72 Å². The van der Waals surface area contributed by atoms with Gasteiger partial charge < -0.3 is 19.5 Å². The zero-order valence-corrected chi connectivity index (χ0v) is 15.1. The topological polar surface area (TPSA) is 44.4 Å². The molecule has 0 unspecified atom stereocenters. The molecule has 1 N–H and O–H groups in total. The number of rotatable bonds is 2. The van der Waals surface area contributed by atoms with Gasteiger partial charge in [0.2, 0.25) is 0 Å². The van der Waals surface area contributed by atoms with Gasteiger partial charge in [-0.1, -0.05) is 18.2 Å². The number of H-pyrrole nitrogens is 1. The van der Waals surface area contributed by atoms with Gasteiger partial charge in [-0.25, -0.2) is 4.98 Å². The van der Waals surface area contributed by atoms with Gasteiger partial charge in [0.05, 0.1) is 31.1 Å². The molecular weight excluding hydrogens is 324 g/mol. The molecular formula is C21H24N4O. The first-order chi connectivity index (χ1) is 12.8. The number of nitrogens with one attached hydrogen (secondary N) is 1. The number of hydrogen-bond acceptors (Lipinski definition) is 4. The number of hydrogen-bond donors (Lipinski definition) is 1. The molecule has 0 aliphatic carbocycles. The molecule has 5 heteroatoms. The maximum Gasteiger partial charge on any atom is 0.128 e. The Bertz CT molecular complexity index is 917. The molecule has 0 radical (unpaired) electrons. The van der Waals surface area contributed by atoms with Gasteiger partial charge in [0.1, 0.15) is 5.82 Å². The number of aromatic amines is 1. The molecule has 1 atom stereocenters. The normalized spacial score (nSPS) is 20.4. The fourth-order valence-electron chi connectivity index (χ4n) is 4.19. The molecule has 0 spiro atoms. The van der Waals surface area contributed by atoms with Gasteiger partial charge in [0.25, 0.3) is 0 Å². The predicted molar refractivity (Wildman–Crippen MR) is 105 cm³/mol. The average molecular weight is 348 g/mol. The first-order valence-electron chi connectivity index (χ1n) is 9.44. The highest BCUT2D eigenvalue weighted by molar-refractivity contribution is 5.85. The quantitative estimate of drug-likeness (QED) is 0.771. The Labute approximate surface area is 153 Å². The maximum absolute atomic E-state index is 5.63. The van der Waals surface area contributed by atoms with Crippen molar-refractivity contribution >= 4 is 22.4 Å². The Kier molecular flexibility index (Phi) is 3.82. The molecule has 0 amide bonds. The number of aromatic nitrogens is 2. The molecule has 4 heterocycles. The van der Waals surface area contributed by atoms with Crippen LogP contribution in [0.1, 0.15) is 18.2 Å². The number of ether oxygens (including phenoxy) is 1. The van der Waals surface area contributed by atoms with Crippen molar-refractivity contribution in [2.24, 2.45) is 0 Å². The van der Waals surface area contributed by atoms with Crippen molar-refractivity contribution in [3.8, 4) is 0 Å². The Morgan fingerprint density at radius 2 is 2.04 bits per heavy atom. The van der Waals surface area contributed by atoms with Crippen molar-refractivity contribution in [2.45, 2.75) is 26.0 Å². The second kappa shape index (κ2) is 6.32. The summed E-state index contributed by atoms with van der Waals surface area (Å²) in [5, 5.41) is 1.37. The van der Waals surface area contributed by atoms with Crippen LogP contribution in [-0.2, 0) is 17.7 Å². The van der Waals surface area contributed by atoms with Crippen molar-refractivity contribution in [3.63, 3.8) is 0 Å². The zero-order valence-electron chi connectivity index (χ0n) is 15.1. The Morgan fingerprint density at radius 1 is 1.12 bits per heavy atom. The maximum atomic E-state index is 5.63. The number of benzene rings is 1. The summed E-state index contributed by atoms with van der Waals surface area (Å²) in [6.45, 7) is 6.67. The second-order valence-electron chi connectivity index (χ2n) is 7.30. The summed E-state index contributed by atoms with van der Waals surface area (Å²) < 4.78 is 5.63. The largest absolute Gasteiger partial charge is 0.375 e. The number of morpholine rings is 1. The van der Waals surface area contributed by atoms with E-state index in [1.54, 1.807) is 0 Å². The number of nitrogens with zero attached hydrogens (tertiary/aromatic N) is 3. The van der Waals surface area contributed by atoms with Gasteiger partial charge in [0, 0.05) is 36.2 Å². The summed E-state index contributed by atoms with van der Waals surface area (Å²) in [5.41, 5.74) is 5.25. The predicted octanol–water partition coefficient (Wildman–Crippen LogP) is 3.35. The fraction of sp³-hybridized carbons (Fsp3) is 0.381. The van der Waals surface area contributed by atoms with Gasteiger partial charge in [-0.15, -0.1) is 0 Å². The van der Waals surface area contributed by atoms with Crippen LogP contribution >= 0.6 is 0 Å². The molecule has 0 saturated carbocycles. The van der Waals surface area contributed by atoms with E-state index in [1.165, 1.54) is 27.8 Å². The van der Waals surface area contributed by atoms with Crippen molar-refractivity contribution in [2.75, 3.05) is 36.0 Å². The third-order valence-corrected chi connectivity index (χ3v) is 5.55. The highest BCUT2D eigenvalue weighted by Gasteiger charge is 2.22. The van der Waals surface area contributed by atoms with E-state index in [2.05, 4.69) is 58.1 Å². The van der Waals surface area contributed by atoms with Gasteiger partial charge in [-0.3, -0.25) is 0 Å². The summed E-state index contributed by atoms with van der Waals surface area (Å²) in [6.07, 6.45) is 3.36. The lowest BCUT2D eigenvalue weighted by Crippen LogP contribution is -2.41. The van der Waals surface area contributed by atoms with E-state index in [9.17, 15) is 0 Å². The van der Waals surface area contributed by atoms with Gasteiger partial charge in [-0.2, -0.15) is 0 Å². The standard InChI is InChI=1S/C21H24N4O/c1-15-13-25(10-11-26-15)21-7-6-16(12-22-21)24-9-8-18-17-4-2-3-5-19(17)23-20(18)14-24/h2-7,12,15,23H,8-11,13-14H2,1H3/t15-/m1/s1. The highest BCUT2D eigenvalue weighted by atomic mass is 16.5. The Balaban J connectivity index is 1.36. The summed E-state index contributed by atoms with van der Waals surface area (Å²) in [6, 6.07) is 13.0. The first kappa shape index (κ1) is 15.7. The van der Waals surface area contributed by atoms with Crippen molar-refractivity contribution < 1.29 is 4.74 Å². The molecule has 5 rings (SSSR count).